The molecular weight excluding hydrogens is 837 g/mol. The summed E-state index contributed by atoms with van der Waals surface area (Å²) < 4.78 is 59.1. The van der Waals surface area contributed by atoms with Gasteiger partial charge in [0.1, 0.15) is 30.5 Å². The van der Waals surface area contributed by atoms with Crippen LogP contribution in [0, 0.1) is 0 Å². The molecule has 6 atom stereocenters. The van der Waals surface area contributed by atoms with Crippen molar-refractivity contribution in [3.63, 3.8) is 0 Å². The minimum atomic E-state index is -5.07. The van der Waals surface area contributed by atoms with Gasteiger partial charge in [0.25, 0.3) is 0 Å². The van der Waals surface area contributed by atoms with Gasteiger partial charge >= 0.3 is 16.4 Å². The Labute approximate surface area is 387 Å². The van der Waals surface area contributed by atoms with E-state index in [1.54, 1.807) is 0 Å². The maximum Gasteiger partial charge on any atom is 0.397 e. The highest BCUT2D eigenvalue weighted by atomic mass is 32.3. The smallest absolute Gasteiger partial charge is 0.397 e. The minimum absolute atomic E-state index is 0.0198. The third-order valence-corrected chi connectivity index (χ3v) is 11.0. The predicted octanol–water partition coefficient (Wildman–Crippen LogP) is 10.9. The Kier molecular flexibility index (Phi) is 38.6. The summed E-state index contributed by atoms with van der Waals surface area (Å²) in [7, 11) is -5.07. The fourth-order valence-electron chi connectivity index (χ4n) is 6.83. The molecule has 1 aliphatic heterocycles. The molecule has 0 radical (unpaired) electrons. The fraction of sp³-hybridized carbons (Fsp3) is 0.706. The van der Waals surface area contributed by atoms with Gasteiger partial charge in [0.2, 0.25) is 0 Å². The normalized spacial score (nSPS) is 20.5. The van der Waals surface area contributed by atoms with Crippen LogP contribution in [0.3, 0.4) is 0 Å². The molecule has 0 aliphatic carbocycles. The highest BCUT2D eigenvalue weighted by Crippen LogP contribution is 2.26. The average Bonchev–Trinajstić information content (AvgIpc) is 3.27. The van der Waals surface area contributed by atoms with Crippen LogP contribution in [-0.4, -0.2) is 97.5 Å². The molecule has 0 aromatic carbocycles. The number of aliphatic hydroxyl groups is 3. The lowest BCUT2D eigenvalue weighted by molar-refractivity contribution is -0.301. The monoisotopic (exact) mass is 923 g/mol. The van der Waals surface area contributed by atoms with Gasteiger partial charge in [0.15, 0.2) is 6.29 Å². The number of carbonyl (C=O) groups excluding carboxylic acids is 1. The van der Waals surface area contributed by atoms with Crippen molar-refractivity contribution in [3.05, 3.63) is 85.1 Å². The van der Waals surface area contributed by atoms with Crippen LogP contribution < -0.4 is 0 Å². The molecule has 0 bridgehead atoms. The summed E-state index contributed by atoms with van der Waals surface area (Å²) in [5, 5.41) is 30.7. The lowest BCUT2D eigenvalue weighted by atomic mass is 9.99. The Morgan fingerprint density at radius 3 is 1.59 bits per heavy atom. The third kappa shape index (κ3) is 34.6. The Hall–Kier alpha value is -2.72. The van der Waals surface area contributed by atoms with Gasteiger partial charge in [0.05, 0.1) is 19.8 Å². The molecule has 1 fully saturated rings. The van der Waals surface area contributed by atoms with Gasteiger partial charge in [-0.05, 0) is 83.5 Å². The zero-order valence-electron chi connectivity index (χ0n) is 39.3. The van der Waals surface area contributed by atoms with Gasteiger partial charge in [-0.15, -0.1) is 0 Å². The zero-order valence-corrected chi connectivity index (χ0v) is 40.1. The number of allylic oxidation sites excluding steroid dienone is 14. The van der Waals surface area contributed by atoms with E-state index in [9.17, 15) is 28.5 Å². The Morgan fingerprint density at radius 1 is 0.609 bits per heavy atom. The molecule has 0 spiro atoms. The van der Waals surface area contributed by atoms with E-state index in [2.05, 4.69) is 103 Å². The van der Waals surface area contributed by atoms with E-state index in [1.165, 1.54) is 32.1 Å². The molecule has 1 aliphatic rings. The van der Waals surface area contributed by atoms with E-state index in [0.29, 0.717) is 13.0 Å². The van der Waals surface area contributed by atoms with Crippen molar-refractivity contribution in [2.75, 3.05) is 26.4 Å². The first-order valence-electron chi connectivity index (χ1n) is 24.3. The van der Waals surface area contributed by atoms with Crippen molar-refractivity contribution >= 4 is 16.4 Å². The summed E-state index contributed by atoms with van der Waals surface area (Å²) in [6, 6.07) is 0. The van der Waals surface area contributed by atoms with E-state index < -0.39 is 59.8 Å². The van der Waals surface area contributed by atoms with Gasteiger partial charge in [0, 0.05) is 13.0 Å². The van der Waals surface area contributed by atoms with Crippen LogP contribution in [0.1, 0.15) is 168 Å². The summed E-state index contributed by atoms with van der Waals surface area (Å²) in [5.41, 5.74) is 0. The SMILES string of the molecule is CC/C=C\C/C=C\C/C=C\C/C=C\C/C=C\C/C=C\CCCCCCCCCOCC(COC1OC(CO)C(O)C(OS(=O)(=O)O)C1O)OC(=O)CCCCCCC/C=C\CCCC. The molecule has 6 unspecified atom stereocenters. The Balaban J connectivity index is 2.34. The molecule has 368 valence electrons. The van der Waals surface area contributed by atoms with E-state index in [0.717, 1.165) is 109 Å². The number of esters is 1. The minimum Gasteiger partial charge on any atom is -0.457 e. The van der Waals surface area contributed by atoms with Crippen molar-refractivity contribution < 1.29 is 56.2 Å². The highest BCUT2D eigenvalue weighted by molar-refractivity contribution is 7.80. The molecule has 0 aromatic rings. The quantitative estimate of drug-likeness (QED) is 0.0198. The highest BCUT2D eigenvalue weighted by Gasteiger charge is 2.48. The number of unbranched alkanes of at least 4 members (excludes halogenated alkanes) is 14. The lowest BCUT2D eigenvalue weighted by Crippen LogP contribution is -2.60. The van der Waals surface area contributed by atoms with Crippen molar-refractivity contribution in [2.24, 2.45) is 0 Å². The molecule has 4 N–H and O–H groups in total. The molecule has 0 aromatic heterocycles. The van der Waals surface area contributed by atoms with Gasteiger partial charge in [-0.25, -0.2) is 4.18 Å². The number of carbonyl (C=O) groups is 1. The van der Waals surface area contributed by atoms with Crippen LogP contribution in [0.4, 0.5) is 0 Å². The van der Waals surface area contributed by atoms with E-state index in [1.807, 2.05) is 0 Å². The molecule has 1 saturated heterocycles. The fourth-order valence-corrected chi connectivity index (χ4v) is 7.34. The van der Waals surface area contributed by atoms with Crippen molar-refractivity contribution in [2.45, 2.75) is 205 Å². The second-order valence-electron chi connectivity index (χ2n) is 16.3. The molecular formula is C51H86O12S. The average molecular weight is 923 g/mol. The molecule has 0 amide bonds. The summed E-state index contributed by atoms with van der Waals surface area (Å²) >= 11 is 0. The van der Waals surface area contributed by atoms with Crippen LogP contribution in [0.5, 0.6) is 0 Å². The largest absolute Gasteiger partial charge is 0.457 e. The standard InChI is InChI=1S/C51H86O12S/c1-3-5-7-9-11-13-15-16-17-18-19-20-21-22-23-24-25-26-27-28-29-31-33-35-37-39-41-59-43-45(61-47(53)40-38-36-34-32-30-14-12-10-8-6-4-2)44-60-51-49(55)50(63-64(56,57)58)48(54)46(42-52)62-51/h5,7,10-13,16-17,19-20,22-23,25-26,45-46,48-52,54-55H,3-4,6,8-9,14-15,18,21,24,27-44H2,1-2H3,(H,56,57,58)/b7-5-,12-10-,13-11-,17-16-,20-19-,23-22-,26-25-. The third-order valence-electron chi connectivity index (χ3n) is 10.5. The van der Waals surface area contributed by atoms with Crippen LogP contribution >= 0.6 is 0 Å². The first-order chi connectivity index (χ1) is 31.1. The van der Waals surface area contributed by atoms with Crippen LogP contribution in [-0.2, 0) is 38.3 Å². The van der Waals surface area contributed by atoms with Crippen molar-refractivity contribution in [3.8, 4) is 0 Å². The van der Waals surface area contributed by atoms with E-state index >= 15 is 0 Å². The Morgan fingerprint density at radius 2 is 1.08 bits per heavy atom. The lowest BCUT2D eigenvalue weighted by Gasteiger charge is -2.41. The second kappa shape index (κ2) is 41.7. The summed E-state index contributed by atoms with van der Waals surface area (Å²) in [5.74, 6) is -0.418. The topological polar surface area (TPSA) is 178 Å². The van der Waals surface area contributed by atoms with E-state index in [4.69, 9.17) is 23.5 Å². The molecule has 13 heteroatoms. The van der Waals surface area contributed by atoms with Gasteiger partial charge in [-0.2, -0.15) is 8.42 Å². The van der Waals surface area contributed by atoms with Gasteiger partial charge in [-0.1, -0.05) is 163 Å². The number of aliphatic hydroxyl groups excluding tert-OH is 3. The number of hydrogen-bond donors (Lipinski definition) is 4. The maximum atomic E-state index is 12.8. The van der Waals surface area contributed by atoms with Crippen LogP contribution in [0.15, 0.2) is 85.1 Å². The second-order valence-corrected chi connectivity index (χ2v) is 17.4. The van der Waals surface area contributed by atoms with Crippen LogP contribution in [0.2, 0.25) is 0 Å². The maximum absolute atomic E-state index is 12.8. The summed E-state index contributed by atoms with van der Waals surface area (Å²) in [6.45, 7) is 3.78. The first kappa shape index (κ1) is 59.3. The van der Waals surface area contributed by atoms with Crippen molar-refractivity contribution in [1.29, 1.82) is 0 Å². The molecule has 1 heterocycles. The molecule has 64 heavy (non-hydrogen) atoms. The molecule has 12 nitrogen and oxygen atoms in total. The summed E-state index contributed by atoms with van der Waals surface area (Å²) in [6.07, 6.45) is 46.2. The van der Waals surface area contributed by atoms with Crippen LogP contribution in [0.25, 0.3) is 0 Å². The van der Waals surface area contributed by atoms with Gasteiger partial charge < -0.3 is 34.3 Å². The Bertz CT molecular complexity index is 1440. The molecule has 1 rings (SSSR count). The predicted molar refractivity (Wildman–Crippen MR) is 257 cm³/mol. The zero-order chi connectivity index (χ0) is 46.8. The van der Waals surface area contributed by atoms with Crippen molar-refractivity contribution in [1.82, 2.24) is 0 Å². The number of hydrogen-bond acceptors (Lipinski definition) is 11. The molecule has 0 saturated carbocycles. The van der Waals surface area contributed by atoms with Gasteiger partial charge in [-0.3, -0.25) is 9.35 Å². The van der Waals surface area contributed by atoms with E-state index in [-0.39, 0.29) is 19.6 Å². The number of rotatable bonds is 41. The summed E-state index contributed by atoms with van der Waals surface area (Å²) in [4.78, 5) is 12.8. The first-order valence-corrected chi connectivity index (χ1v) is 25.7. The number of ether oxygens (including phenoxy) is 4.